The summed E-state index contributed by atoms with van der Waals surface area (Å²) in [5.41, 5.74) is 6.78. The highest BCUT2D eigenvalue weighted by Gasteiger charge is 2.11. The lowest BCUT2D eigenvalue weighted by molar-refractivity contribution is 0.791. The minimum atomic E-state index is 0.559. The fourth-order valence-corrected chi connectivity index (χ4v) is 2.73. The maximum absolute atomic E-state index is 2.37. The Morgan fingerprint density at radius 2 is 1.19 bits per heavy atom. The normalized spacial score (nSPS) is 11.2. The Bertz CT molecular complexity index is 592. The third kappa shape index (κ3) is 3.47. The van der Waals surface area contributed by atoms with Gasteiger partial charge < -0.3 is 4.90 Å². The van der Waals surface area contributed by atoms with E-state index in [0.717, 1.165) is 0 Å². The van der Waals surface area contributed by atoms with E-state index in [4.69, 9.17) is 0 Å². The molecule has 0 aliphatic carbocycles. The topological polar surface area (TPSA) is 3.24 Å². The van der Waals surface area contributed by atoms with Crippen LogP contribution in [0.15, 0.2) is 42.5 Å². The third-order valence-electron chi connectivity index (χ3n) is 4.05. The smallest absolute Gasteiger partial charge is 0.0361 e. The van der Waals surface area contributed by atoms with Crippen LogP contribution in [0.4, 0.5) is 5.69 Å². The predicted molar refractivity (Wildman–Crippen MR) is 94.4 cm³/mol. The van der Waals surface area contributed by atoms with Gasteiger partial charge in [0.05, 0.1) is 0 Å². The second-order valence-electron chi connectivity index (χ2n) is 6.59. The first-order valence-corrected chi connectivity index (χ1v) is 7.81. The molecule has 2 rings (SSSR count). The van der Waals surface area contributed by atoms with Crippen molar-refractivity contribution in [2.45, 2.75) is 39.5 Å². The molecule has 0 radical (unpaired) electrons. The molecule has 0 saturated carbocycles. The summed E-state index contributed by atoms with van der Waals surface area (Å²) in [5, 5.41) is 0. The van der Waals surface area contributed by atoms with Crippen LogP contribution in [0.2, 0.25) is 0 Å². The summed E-state index contributed by atoms with van der Waals surface area (Å²) in [5.74, 6) is 1.14. The number of nitrogens with zero attached hydrogens (tertiary/aromatic N) is 1. The zero-order valence-corrected chi connectivity index (χ0v) is 14.1. The lowest BCUT2D eigenvalue weighted by Gasteiger charge is -2.18. The molecule has 0 atom stereocenters. The van der Waals surface area contributed by atoms with Gasteiger partial charge in [0.15, 0.2) is 0 Å². The van der Waals surface area contributed by atoms with Crippen molar-refractivity contribution >= 4 is 5.69 Å². The van der Waals surface area contributed by atoms with Crippen molar-refractivity contribution in [2.75, 3.05) is 19.0 Å². The number of benzene rings is 2. The zero-order chi connectivity index (χ0) is 15.6. The monoisotopic (exact) mass is 281 g/mol. The van der Waals surface area contributed by atoms with Crippen LogP contribution in [0.3, 0.4) is 0 Å². The van der Waals surface area contributed by atoms with Gasteiger partial charge in [-0.05, 0) is 46.2 Å². The standard InChI is InChI=1S/C20H27N/c1-14(2)19-12-9-17(13-20(19)15(3)4)16-7-10-18(11-8-16)21(5)6/h7-15H,1-6H3. The van der Waals surface area contributed by atoms with E-state index in [2.05, 4.69) is 89.2 Å². The summed E-state index contributed by atoms with van der Waals surface area (Å²) in [6, 6.07) is 15.7. The van der Waals surface area contributed by atoms with Crippen LogP contribution in [0.25, 0.3) is 11.1 Å². The number of hydrogen-bond donors (Lipinski definition) is 0. The Hall–Kier alpha value is -1.76. The summed E-state index contributed by atoms with van der Waals surface area (Å²) in [6.07, 6.45) is 0. The molecule has 2 aromatic carbocycles. The summed E-state index contributed by atoms with van der Waals surface area (Å²) in [6.45, 7) is 9.10. The van der Waals surface area contributed by atoms with Crippen LogP contribution >= 0.6 is 0 Å². The van der Waals surface area contributed by atoms with Crippen LogP contribution in [0.1, 0.15) is 50.7 Å². The van der Waals surface area contributed by atoms with Crippen molar-refractivity contribution in [3.8, 4) is 11.1 Å². The van der Waals surface area contributed by atoms with E-state index < -0.39 is 0 Å². The quantitative estimate of drug-likeness (QED) is 0.698. The minimum Gasteiger partial charge on any atom is -0.378 e. The summed E-state index contributed by atoms with van der Waals surface area (Å²) in [7, 11) is 4.15. The molecule has 0 unspecified atom stereocenters. The largest absolute Gasteiger partial charge is 0.378 e. The molecule has 0 saturated heterocycles. The van der Waals surface area contributed by atoms with Crippen LogP contribution in [-0.4, -0.2) is 14.1 Å². The molecule has 1 nitrogen and oxygen atoms in total. The Kier molecular flexibility index (Phi) is 4.72. The molecule has 0 fully saturated rings. The molecule has 0 N–H and O–H groups in total. The van der Waals surface area contributed by atoms with E-state index in [1.54, 1.807) is 0 Å². The Morgan fingerprint density at radius 1 is 0.667 bits per heavy atom. The van der Waals surface area contributed by atoms with Crippen molar-refractivity contribution in [2.24, 2.45) is 0 Å². The van der Waals surface area contributed by atoms with Crippen molar-refractivity contribution in [3.05, 3.63) is 53.6 Å². The second-order valence-corrected chi connectivity index (χ2v) is 6.59. The average molecular weight is 281 g/mol. The maximum Gasteiger partial charge on any atom is 0.0361 e. The second kappa shape index (κ2) is 6.34. The molecule has 0 aliphatic rings. The molecule has 0 aromatic heterocycles. The zero-order valence-electron chi connectivity index (χ0n) is 14.1. The van der Waals surface area contributed by atoms with Gasteiger partial charge in [-0.3, -0.25) is 0 Å². The van der Waals surface area contributed by atoms with Crippen LogP contribution in [0, 0.1) is 0 Å². The van der Waals surface area contributed by atoms with E-state index in [0.29, 0.717) is 11.8 Å². The number of anilines is 1. The molecule has 21 heavy (non-hydrogen) atoms. The first-order valence-electron chi connectivity index (χ1n) is 7.81. The highest BCUT2D eigenvalue weighted by Crippen LogP contribution is 2.31. The van der Waals surface area contributed by atoms with Gasteiger partial charge in [-0.1, -0.05) is 58.0 Å². The SMILES string of the molecule is CC(C)c1ccc(-c2ccc(N(C)C)cc2)cc1C(C)C. The van der Waals surface area contributed by atoms with Gasteiger partial charge in [-0.25, -0.2) is 0 Å². The van der Waals surface area contributed by atoms with Gasteiger partial charge in [0.2, 0.25) is 0 Å². The highest BCUT2D eigenvalue weighted by molar-refractivity contribution is 5.67. The Labute approximate surface area is 129 Å². The molecule has 0 amide bonds. The third-order valence-corrected chi connectivity index (χ3v) is 4.05. The van der Waals surface area contributed by atoms with Gasteiger partial charge in [0.1, 0.15) is 0 Å². The number of rotatable bonds is 4. The molecular weight excluding hydrogens is 254 g/mol. The molecule has 1 heteroatoms. The molecule has 112 valence electrons. The van der Waals surface area contributed by atoms with Crippen molar-refractivity contribution < 1.29 is 0 Å². The van der Waals surface area contributed by atoms with Gasteiger partial charge in [0.25, 0.3) is 0 Å². The Morgan fingerprint density at radius 3 is 1.67 bits per heavy atom. The average Bonchev–Trinajstić information content (AvgIpc) is 2.46. The highest BCUT2D eigenvalue weighted by atomic mass is 15.1. The van der Waals surface area contributed by atoms with Crippen LogP contribution < -0.4 is 4.90 Å². The van der Waals surface area contributed by atoms with Crippen LogP contribution in [-0.2, 0) is 0 Å². The number of hydrogen-bond acceptors (Lipinski definition) is 1. The van der Waals surface area contributed by atoms with Gasteiger partial charge in [-0.2, -0.15) is 0 Å². The van der Waals surface area contributed by atoms with E-state index in [9.17, 15) is 0 Å². The van der Waals surface area contributed by atoms with Crippen LogP contribution in [0.5, 0.6) is 0 Å². The lowest BCUT2D eigenvalue weighted by atomic mass is 9.88. The molecule has 0 aliphatic heterocycles. The van der Waals surface area contributed by atoms with Gasteiger partial charge in [-0.15, -0.1) is 0 Å². The van der Waals surface area contributed by atoms with E-state index in [-0.39, 0.29) is 0 Å². The van der Waals surface area contributed by atoms with Crippen molar-refractivity contribution in [1.29, 1.82) is 0 Å². The first kappa shape index (κ1) is 15.6. The molecular formula is C20H27N. The minimum absolute atomic E-state index is 0.559. The van der Waals surface area contributed by atoms with Crippen molar-refractivity contribution in [1.82, 2.24) is 0 Å². The summed E-state index contributed by atoms with van der Waals surface area (Å²) in [4.78, 5) is 2.13. The fraction of sp³-hybridized carbons (Fsp3) is 0.400. The Balaban J connectivity index is 2.42. The lowest BCUT2D eigenvalue weighted by Crippen LogP contribution is -2.07. The van der Waals surface area contributed by atoms with E-state index >= 15 is 0 Å². The summed E-state index contributed by atoms with van der Waals surface area (Å²) >= 11 is 0. The van der Waals surface area contributed by atoms with E-state index in [1.807, 2.05) is 0 Å². The fourth-order valence-electron chi connectivity index (χ4n) is 2.73. The van der Waals surface area contributed by atoms with E-state index in [1.165, 1.54) is 27.9 Å². The first-order chi connectivity index (χ1) is 9.90. The van der Waals surface area contributed by atoms with Gasteiger partial charge in [0, 0.05) is 19.8 Å². The summed E-state index contributed by atoms with van der Waals surface area (Å²) < 4.78 is 0. The molecule has 0 spiro atoms. The van der Waals surface area contributed by atoms with Gasteiger partial charge >= 0.3 is 0 Å². The van der Waals surface area contributed by atoms with Crippen molar-refractivity contribution in [3.63, 3.8) is 0 Å². The molecule has 2 aromatic rings. The molecule has 0 heterocycles. The predicted octanol–water partition coefficient (Wildman–Crippen LogP) is 5.67. The molecule has 0 bridgehead atoms. The maximum atomic E-state index is 2.37.